The van der Waals surface area contributed by atoms with E-state index in [4.69, 9.17) is 0 Å². The molecule has 3 heteroatoms. The van der Waals surface area contributed by atoms with Crippen LogP contribution < -0.4 is 0 Å². The van der Waals surface area contributed by atoms with Crippen LogP contribution in [0.1, 0.15) is 18.4 Å². The van der Waals surface area contributed by atoms with E-state index in [-0.39, 0.29) is 0 Å². The zero-order chi connectivity index (χ0) is 8.84. The molecule has 1 saturated carbocycles. The summed E-state index contributed by atoms with van der Waals surface area (Å²) in [6.07, 6.45) is 2.90. The lowest BCUT2D eigenvalue weighted by molar-refractivity contribution is 0.292. The number of hydrogen-bond acceptors (Lipinski definition) is 2. The molecule has 0 amide bonds. The monoisotopic (exact) mass is 257 g/mol. The summed E-state index contributed by atoms with van der Waals surface area (Å²) >= 11 is 5.30. The summed E-state index contributed by atoms with van der Waals surface area (Å²) in [5, 5.41) is 2.26. The SMILES string of the molecule is Brc1cc(CN2CCC3CC32)cs1. The molecule has 2 aliphatic rings. The molecule has 2 fully saturated rings. The van der Waals surface area contributed by atoms with Crippen LogP contribution in [0.3, 0.4) is 0 Å². The summed E-state index contributed by atoms with van der Waals surface area (Å²) < 4.78 is 1.26. The molecular formula is C10H12BrNS. The van der Waals surface area contributed by atoms with E-state index in [0.29, 0.717) is 0 Å². The van der Waals surface area contributed by atoms with Crippen LogP contribution in [0.2, 0.25) is 0 Å². The van der Waals surface area contributed by atoms with Crippen molar-refractivity contribution in [2.24, 2.45) is 5.92 Å². The molecule has 1 aliphatic carbocycles. The number of halogens is 1. The minimum Gasteiger partial charge on any atom is -0.296 e. The van der Waals surface area contributed by atoms with Gasteiger partial charge in [-0.15, -0.1) is 11.3 Å². The first-order chi connectivity index (χ1) is 6.33. The van der Waals surface area contributed by atoms with Crippen molar-refractivity contribution in [2.45, 2.75) is 25.4 Å². The average molecular weight is 258 g/mol. The average Bonchev–Trinajstić information content (AvgIpc) is 2.63. The Morgan fingerprint density at radius 1 is 1.62 bits per heavy atom. The van der Waals surface area contributed by atoms with Gasteiger partial charge in [-0.05, 0) is 58.2 Å². The third-order valence-corrected chi connectivity index (χ3v) is 4.70. The van der Waals surface area contributed by atoms with Gasteiger partial charge in [0.15, 0.2) is 0 Å². The van der Waals surface area contributed by atoms with E-state index in [9.17, 15) is 0 Å². The quantitative estimate of drug-likeness (QED) is 0.787. The highest BCUT2D eigenvalue weighted by Crippen LogP contribution is 2.45. The van der Waals surface area contributed by atoms with Crippen LogP contribution in [0.15, 0.2) is 15.2 Å². The van der Waals surface area contributed by atoms with E-state index in [1.807, 2.05) is 0 Å². The minimum absolute atomic E-state index is 0.943. The van der Waals surface area contributed by atoms with Crippen LogP contribution >= 0.6 is 27.3 Å². The van der Waals surface area contributed by atoms with Gasteiger partial charge < -0.3 is 0 Å². The van der Waals surface area contributed by atoms with Gasteiger partial charge >= 0.3 is 0 Å². The molecule has 1 aliphatic heterocycles. The van der Waals surface area contributed by atoms with Crippen LogP contribution in [0.4, 0.5) is 0 Å². The largest absolute Gasteiger partial charge is 0.296 e. The highest BCUT2D eigenvalue weighted by molar-refractivity contribution is 9.11. The number of piperidine rings is 1. The third-order valence-electron chi connectivity index (χ3n) is 3.15. The van der Waals surface area contributed by atoms with E-state index in [1.165, 1.54) is 35.3 Å². The van der Waals surface area contributed by atoms with Crippen molar-refractivity contribution >= 4 is 27.3 Å². The lowest BCUT2D eigenvalue weighted by Crippen LogP contribution is -2.22. The molecule has 1 aromatic heterocycles. The van der Waals surface area contributed by atoms with E-state index in [0.717, 1.165) is 12.0 Å². The second-order valence-electron chi connectivity index (χ2n) is 4.08. The second-order valence-corrected chi connectivity index (χ2v) is 6.37. The van der Waals surface area contributed by atoms with Crippen LogP contribution in [-0.4, -0.2) is 17.5 Å². The van der Waals surface area contributed by atoms with Gasteiger partial charge in [0, 0.05) is 12.6 Å². The Morgan fingerprint density at radius 3 is 3.08 bits per heavy atom. The van der Waals surface area contributed by atoms with Crippen molar-refractivity contribution in [1.82, 2.24) is 4.90 Å². The molecule has 2 heterocycles. The number of rotatable bonds is 2. The maximum Gasteiger partial charge on any atom is 0.0701 e. The lowest BCUT2D eigenvalue weighted by atomic mass is 10.3. The van der Waals surface area contributed by atoms with Gasteiger partial charge in [0.1, 0.15) is 0 Å². The molecule has 1 aromatic rings. The molecule has 0 N–H and O–H groups in total. The Balaban J connectivity index is 1.68. The van der Waals surface area contributed by atoms with Crippen molar-refractivity contribution in [3.63, 3.8) is 0 Å². The minimum atomic E-state index is 0.943. The summed E-state index contributed by atoms with van der Waals surface area (Å²) in [4.78, 5) is 2.64. The molecule has 2 atom stereocenters. The van der Waals surface area contributed by atoms with Crippen molar-refractivity contribution in [3.8, 4) is 0 Å². The summed E-state index contributed by atoms with van der Waals surface area (Å²) in [5.41, 5.74) is 1.48. The maximum atomic E-state index is 3.51. The lowest BCUT2D eigenvalue weighted by Gasteiger charge is -2.15. The van der Waals surface area contributed by atoms with E-state index in [2.05, 4.69) is 32.3 Å². The Morgan fingerprint density at radius 2 is 2.54 bits per heavy atom. The van der Waals surface area contributed by atoms with Crippen molar-refractivity contribution in [2.75, 3.05) is 6.54 Å². The molecule has 70 valence electrons. The highest BCUT2D eigenvalue weighted by Gasteiger charge is 2.46. The van der Waals surface area contributed by atoms with Crippen LogP contribution in [0.25, 0.3) is 0 Å². The fourth-order valence-electron chi connectivity index (χ4n) is 2.35. The van der Waals surface area contributed by atoms with Crippen molar-refractivity contribution in [1.29, 1.82) is 0 Å². The molecule has 0 bridgehead atoms. The summed E-state index contributed by atoms with van der Waals surface area (Å²) in [6, 6.07) is 3.19. The first-order valence-corrected chi connectivity index (χ1v) is 6.47. The topological polar surface area (TPSA) is 3.24 Å². The van der Waals surface area contributed by atoms with Gasteiger partial charge in [0.05, 0.1) is 3.79 Å². The second kappa shape index (κ2) is 3.07. The zero-order valence-corrected chi connectivity index (χ0v) is 9.77. The Hall–Kier alpha value is 0.140. The number of thiophene rings is 1. The highest BCUT2D eigenvalue weighted by atomic mass is 79.9. The Kier molecular flexibility index (Phi) is 2.00. The zero-order valence-electron chi connectivity index (χ0n) is 7.37. The van der Waals surface area contributed by atoms with Gasteiger partial charge in [0.2, 0.25) is 0 Å². The first kappa shape index (κ1) is 8.45. The first-order valence-electron chi connectivity index (χ1n) is 4.80. The fourth-order valence-corrected chi connectivity index (χ4v) is 3.55. The van der Waals surface area contributed by atoms with Crippen molar-refractivity contribution in [3.05, 3.63) is 20.8 Å². The molecule has 0 spiro atoms. The third kappa shape index (κ3) is 1.58. The Bertz CT molecular complexity index is 322. The van der Waals surface area contributed by atoms with Crippen LogP contribution in [0, 0.1) is 5.92 Å². The van der Waals surface area contributed by atoms with Crippen molar-refractivity contribution < 1.29 is 0 Å². The number of likely N-dealkylation sites (tertiary alicyclic amines) is 1. The normalized spacial score (nSPS) is 32.1. The summed E-state index contributed by atoms with van der Waals surface area (Å²) in [7, 11) is 0. The fraction of sp³-hybridized carbons (Fsp3) is 0.600. The standard InChI is InChI=1S/C10H12BrNS/c11-10-3-7(6-13-10)5-12-2-1-8-4-9(8)12/h3,6,8-9H,1-2,4-5H2. The smallest absolute Gasteiger partial charge is 0.0701 e. The van der Waals surface area contributed by atoms with Gasteiger partial charge in [-0.3, -0.25) is 4.90 Å². The molecule has 1 saturated heterocycles. The van der Waals surface area contributed by atoms with Crippen LogP contribution in [0.5, 0.6) is 0 Å². The van der Waals surface area contributed by atoms with Gasteiger partial charge in [-0.2, -0.15) is 0 Å². The molecule has 0 radical (unpaired) electrons. The number of hydrogen-bond donors (Lipinski definition) is 0. The van der Waals surface area contributed by atoms with E-state index in [1.54, 1.807) is 11.3 Å². The molecule has 3 rings (SSSR count). The summed E-state index contributed by atoms with van der Waals surface area (Å²) in [6.45, 7) is 2.49. The van der Waals surface area contributed by atoms with E-state index >= 15 is 0 Å². The molecule has 2 unspecified atom stereocenters. The van der Waals surface area contributed by atoms with Gasteiger partial charge in [0.25, 0.3) is 0 Å². The number of nitrogens with zero attached hydrogens (tertiary/aromatic N) is 1. The molecular weight excluding hydrogens is 246 g/mol. The predicted octanol–water partition coefficient (Wildman–Crippen LogP) is 3.10. The van der Waals surface area contributed by atoms with E-state index < -0.39 is 0 Å². The van der Waals surface area contributed by atoms with Gasteiger partial charge in [-0.1, -0.05) is 0 Å². The van der Waals surface area contributed by atoms with Gasteiger partial charge in [-0.25, -0.2) is 0 Å². The maximum absolute atomic E-state index is 3.51. The summed E-state index contributed by atoms with van der Waals surface area (Å²) in [5.74, 6) is 1.06. The molecule has 1 nitrogen and oxygen atoms in total. The predicted molar refractivity (Wildman–Crippen MR) is 58.9 cm³/mol. The van der Waals surface area contributed by atoms with Crippen LogP contribution in [-0.2, 0) is 6.54 Å². The number of fused-ring (bicyclic) bond motifs is 1. The Labute approximate surface area is 90.9 Å². The molecule has 0 aromatic carbocycles. The molecule has 13 heavy (non-hydrogen) atoms.